The molecule has 0 atom stereocenters. The molecular weight excluding hydrogens is 280 g/mol. The summed E-state index contributed by atoms with van der Waals surface area (Å²) >= 11 is 0. The Morgan fingerprint density at radius 3 is 3.00 bits per heavy atom. The maximum atomic E-state index is 11.8. The predicted molar refractivity (Wildman–Crippen MR) is 81.7 cm³/mol. The lowest BCUT2D eigenvalue weighted by Gasteiger charge is -2.30. The number of ether oxygens (including phenoxy) is 1. The molecule has 0 saturated heterocycles. The lowest BCUT2D eigenvalue weighted by atomic mass is 9.80. The molecule has 4 rings (SSSR count). The summed E-state index contributed by atoms with van der Waals surface area (Å²) in [6.07, 6.45) is 1.76. The number of carbonyl (C=O) groups excluding carboxylic acids is 1. The fourth-order valence-corrected chi connectivity index (χ4v) is 3.38. The average molecular weight is 296 g/mol. The molecule has 0 saturated carbocycles. The molecule has 0 radical (unpaired) electrons. The first-order valence-corrected chi connectivity index (χ1v) is 7.14. The van der Waals surface area contributed by atoms with Crippen LogP contribution >= 0.6 is 0 Å². The molecule has 0 unspecified atom stereocenters. The summed E-state index contributed by atoms with van der Waals surface area (Å²) in [5.74, 6) is 0.513. The topological polar surface area (TPSA) is 72.8 Å². The molecule has 1 aliphatic rings. The van der Waals surface area contributed by atoms with Crippen molar-refractivity contribution < 1.29 is 9.53 Å². The second kappa shape index (κ2) is 4.19. The molecule has 1 aromatic carbocycles. The van der Waals surface area contributed by atoms with Crippen LogP contribution in [-0.4, -0.2) is 32.8 Å². The molecular formula is C16H16N4O2. The van der Waals surface area contributed by atoms with Crippen LogP contribution in [0.3, 0.4) is 0 Å². The van der Waals surface area contributed by atoms with Crippen molar-refractivity contribution in [2.24, 2.45) is 0 Å². The van der Waals surface area contributed by atoms with E-state index in [0.717, 1.165) is 29.0 Å². The first-order chi connectivity index (χ1) is 10.5. The van der Waals surface area contributed by atoms with Crippen LogP contribution in [-0.2, 0) is 16.7 Å². The van der Waals surface area contributed by atoms with E-state index in [1.165, 1.54) is 12.7 Å². The van der Waals surface area contributed by atoms with E-state index in [1.54, 1.807) is 12.4 Å². The molecule has 22 heavy (non-hydrogen) atoms. The number of fused-ring (bicyclic) bond motifs is 5. The van der Waals surface area contributed by atoms with Crippen LogP contribution in [0.15, 0.2) is 24.5 Å². The van der Waals surface area contributed by atoms with Gasteiger partial charge in [-0.15, -0.1) is 10.2 Å². The van der Waals surface area contributed by atoms with Gasteiger partial charge in [0.1, 0.15) is 6.33 Å². The molecule has 1 aliphatic heterocycles. The highest BCUT2D eigenvalue weighted by molar-refractivity contribution is 5.98. The monoisotopic (exact) mass is 296 g/mol. The van der Waals surface area contributed by atoms with Crippen molar-refractivity contribution in [1.82, 2.24) is 19.7 Å². The van der Waals surface area contributed by atoms with E-state index in [2.05, 4.69) is 33.6 Å². The van der Waals surface area contributed by atoms with Crippen molar-refractivity contribution in [3.8, 4) is 11.5 Å². The van der Waals surface area contributed by atoms with Gasteiger partial charge in [0, 0.05) is 22.9 Å². The second-order valence-electron chi connectivity index (χ2n) is 6.29. The molecule has 0 amide bonds. The number of methoxy groups -OCH3 is 1. The lowest BCUT2D eigenvalue weighted by molar-refractivity contribution is 0.0601. The van der Waals surface area contributed by atoms with Crippen LogP contribution in [0, 0.1) is 0 Å². The number of nitrogens with one attached hydrogen (secondary N) is 1. The van der Waals surface area contributed by atoms with Crippen LogP contribution in [0.2, 0.25) is 0 Å². The van der Waals surface area contributed by atoms with Crippen molar-refractivity contribution in [1.29, 1.82) is 0 Å². The van der Waals surface area contributed by atoms with Gasteiger partial charge >= 0.3 is 5.97 Å². The number of nitrogens with zero attached hydrogens (tertiary/aromatic N) is 3. The third-order valence-corrected chi connectivity index (χ3v) is 4.30. The largest absolute Gasteiger partial charge is 0.465 e. The Labute approximate surface area is 127 Å². The summed E-state index contributed by atoms with van der Waals surface area (Å²) in [5.41, 5.74) is 3.61. The maximum absolute atomic E-state index is 11.8. The van der Waals surface area contributed by atoms with Gasteiger partial charge in [-0.1, -0.05) is 13.8 Å². The van der Waals surface area contributed by atoms with E-state index in [-0.39, 0.29) is 11.4 Å². The summed E-state index contributed by atoms with van der Waals surface area (Å²) < 4.78 is 6.88. The van der Waals surface area contributed by atoms with Gasteiger partial charge < -0.3 is 14.3 Å². The van der Waals surface area contributed by atoms with Gasteiger partial charge in [-0.25, -0.2) is 4.79 Å². The number of rotatable bonds is 1. The van der Waals surface area contributed by atoms with E-state index in [1.807, 2.05) is 12.1 Å². The maximum Gasteiger partial charge on any atom is 0.337 e. The van der Waals surface area contributed by atoms with E-state index in [0.29, 0.717) is 5.56 Å². The highest BCUT2D eigenvalue weighted by Gasteiger charge is 2.35. The van der Waals surface area contributed by atoms with Crippen molar-refractivity contribution in [2.45, 2.75) is 25.8 Å². The zero-order valence-corrected chi connectivity index (χ0v) is 12.7. The van der Waals surface area contributed by atoms with Crippen LogP contribution in [0.4, 0.5) is 0 Å². The zero-order valence-electron chi connectivity index (χ0n) is 12.7. The lowest BCUT2D eigenvalue weighted by Crippen LogP contribution is -2.29. The fourth-order valence-electron chi connectivity index (χ4n) is 3.38. The van der Waals surface area contributed by atoms with Gasteiger partial charge in [-0.05, 0) is 23.8 Å². The van der Waals surface area contributed by atoms with Crippen molar-refractivity contribution in [3.05, 3.63) is 35.7 Å². The van der Waals surface area contributed by atoms with Gasteiger partial charge in [-0.2, -0.15) is 0 Å². The Hall–Kier alpha value is -2.63. The molecule has 6 heteroatoms. The van der Waals surface area contributed by atoms with Crippen molar-refractivity contribution >= 4 is 16.9 Å². The van der Waals surface area contributed by atoms with Gasteiger partial charge in [0.25, 0.3) is 0 Å². The summed E-state index contributed by atoms with van der Waals surface area (Å²) in [6.45, 7) is 5.18. The Morgan fingerprint density at radius 2 is 2.23 bits per heavy atom. The molecule has 112 valence electrons. The third kappa shape index (κ3) is 1.63. The molecule has 3 heterocycles. The van der Waals surface area contributed by atoms with Gasteiger partial charge in [0.05, 0.1) is 18.4 Å². The number of hydrogen-bond acceptors (Lipinski definition) is 4. The summed E-state index contributed by atoms with van der Waals surface area (Å²) in [7, 11) is 1.39. The Morgan fingerprint density at radius 1 is 1.41 bits per heavy atom. The molecule has 1 N–H and O–H groups in total. The number of benzene rings is 1. The van der Waals surface area contributed by atoms with E-state index in [9.17, 15) is 4.79 Å². The average Bonchev–Trinajstić information content (AvgIpc) is 3.08. The summed E-state index contributed by atoms with van der Waals surface area (Å²) in [5, 5.41) is 9.28. The Bertz CT molecular complexity index is 904. The van der Waals surface area contributed by atoms with Crippen molar-refractivity contribution in [2.75, 3.05) is 7.11 Å². The normalized spacial score (nSPS) is 15.4. The van der Waals surface area contributed by atoms with E-state index in [4.69, 9.17) is 4.74 Å². The minimum absolute atomic E-state index is 0.0856. The SMILES string of the molecule is COC(=O)c1ccc2[nH]c3c(c2c1)C(C)(C)Cn1cnnc1-3. The predicted octanol–water partition coefficient (Wildman–Crippen LogP) is 2.50. The molecule has 2 aromatic heterocycles. The molecule has 0 bridgehead atoms. The van der Waals surface area contributed by atoms with Crippen molar-refractivity contribution in [3.63, 3.8) is 0 Å². The number of aromatic amines is 1. The minimum Gasteiger partial charge on any atom is -0.465 e. The zero-order chi connectivity index (χ0) is 15.5. The minimum atomic E-state index is -0.325. The van der Waals surface area contributed by atoms with Crippen LogP contribution < -0.4 is 0 Å². The number of carbonyl (C=O) groups is 1. The first-order valence-electron chi connectivity index (χ1n) is 7.14. The van der Waals surface area contributed by atoms with E-state index >= 15 is 0 Å². The second-order valence-corrected chi connectivity index (χ2v) is 6.29. The summed E-state index contributed by atoms with van der Waals surface area (Å²) in [4.78, 5) is 15.2. The molecule has 0 spiro atoms. The number of aromatic nitrogens is 4. The first kappa shape index (κ1) is 13.1. The quantitative estimate of drug-likeness (QED) is 0.700. The number of H-pyrrole nitrogens is 1. The Kier molecular flexibility index (Phi) is 2.49. The molecule has 6 nitrogen and oxygen atoms in total. The van der Waals surface area contributed by atoms with Gasteiger partial charge in [-0.3, -0.25) is 0 Å². The highest BCUT2D eigenvalue weighted by atomic mass is 16.5. The smallest absolute Gasteiger partial charge is 0.337 e. The Balaban J connectivity index is 2.04. The van der Waals surface area contributed by atoms with Crippen LogP contribution in [0.25, 0.3) is 22.4 Å². The summed E-state index contributed by atoms with van der Waals surface area (Å²) in [6, 6.07) is 5.58. The third-order valence-electron chi connectivity index (χ3n) is 4.30. The standard InChI is InChI=1S/C16H16N4O2/c1-16(2)7-20-8-17-19-14(20)13-12(16)10-6-9(15(21)22-3)4-5-11(10)18-13/h4-6,8,18H,7H2,1-3H3. The highest BCUT2D eigenvalue weighted by Crippen LogP contribution is 2.43. The molecule has 0 fully saturated rings. The van der Waals surface area contributed by atoms with E-state index < -0.39 is 0 Å². The van der Waals surface area contributed by atoms with Crippen LogP contribution in [0.1, 0.15) is 29.8 Å². The molecule has 3 aromatic rings. The van der Waals surface area contributed by atoms with Crippen LogP contribution in [0.5, 0.6) is 0 Å². The van der Waals surface area contributed by atoms with Gasteiger partial charge in [0.15, 0.2) is 5.82 Å². The number of esters is 1. The number of hydrogen-bond donors (Lipinski definition) is 1. The fraction of sp³-hybridized carbons (Fsp3) is 0.312. The van der Waals surface area contributed by atoms with Gasteiger partial charge in [0.2, 0.25) is 0 Å². The molecule has 0 aliphatic carbocycles.